The fraction of sp³-hybridized carbons (Fsp3) is 0.920. The minimum atomic E-state index is -0.564. The summed E-state index contributed by atoms with van der Waals surface area (Å²) in [4.78, 5) is 23.3. The Labute approximate surface area is 185 Å². The number of carbonyl (C=O) groups is 2. The van der Waals surface area contributed by atoms with Gasteiger partial charge in [-0.2, -0.15) is 0 Å². The zero-order chi connectivity index (χ0) is 22.5. The zero-order valence-corrected chi connectivity index (χ0v) is 20.0. The van der Waals surface area contributed by atoms with Crippen LogP contribution in [0.15, 0.2) is 0 Å². The highest BCUT2D eigenvalue weighted by Crippen LogP contribution is 2.19. The Morgan fingerprint density at radius 3 is 1.77 bits per heavy atom. The molecule has 0 aliphatic carbocycles. The van der Waals surface area contributed by atoms with Gasteiger partial charge in [0.15, 0.2) is 0 Å². The number of hydrogen-bond acceptors (Lipinski definition) is 5. The van der Waals surface area contributed by atoms with Crippen LogP contribution < -0.4 is 0 Å². The first-order chi connectivity index (χ1) is 14.5. The molecular formula is C25H48O5. The number of esters is 2. The summed E-state index contributed by atoms with van der Waals surface area (Å²) in [5.74, 6) is -0.323. The summed E-state index contributed by atoms with van der Waals surface area (Å²) in [6.45, 7) is 4.33. The smallest absolute Gasteiger partial charge is 0.306 e. The average molecular weight is 429 g/mol. The van der Waals surface area contributed by atoms with E-state index in [1.807, 2.05) is 0 Å². The highest BCUT2D eigenvalue weighted by Gasteiger charge is 2.22. The molecule has 0 radical (unpaired) electrons. The quantitative estimate of drug-likeness (QED) is 0.167. The summed E-state index contributed by atoms with van der Waals surface area (Å²) in [6, 6.07) is 0. The number of carbonyl (C=O) groups excluding carboxylic acids is 2. The van der Waals surface area contributed by atoms with Gasteiger partial charge >= 0.3 is 11.9 Å². The number of ether oxygens (including phenoxy) is 2. The third-order valence-electron chi connectivity index (χ3n) is 5.65. The van der Waals surface area contributed by atoms with E-state index in [0.29, 0.717) is 25.7 Å². The number of unbranched alkanes of at least 4 members (excludes halogenated alkanes) is 11. The third kappa shape index (κ3) is 17.7. The van der Waals surface area contributed by atoms with Gasteiger partial charge in [-0.3, -0.25) is 9.59 Å². The minimum Gasteiger partial charge on any atom is -0.469 e. The number of hydrogen-bond donors (Lipinski definition) is 1. The van der Waals surface area contributed by atoms with Crippen LogP contribution in [0.5, 0.6) is 0 Å². The summed E-state index contributed by atoms with van der Waals surface area (Å²) < 4.78 is 10.3. The summed E-state index contributed by atoms with van der Waals surface area (Å²) in [7, 11) is 1.42. The molecule has 178 valence electrons. The number of rotatable bonds is 21. The van der Waals surface area contributed by atoms with Crippen LogP contribution in [0.2, 0.25) is 0 Å². The SMILES string of the molecule is CCCCCCCCC(O)C(CCCCCCCC(=O)OC)OC(=O)CCCCC. The Bertz CT molecular complexity index is 410. The lowest BCUT2D eigenvalue weighted by atomic mass is 9.99. The van der Waals surface area contributed by atoms with Gasteiger partial charge < -0.3 is 14.6 Å². The van der Waals surface area contributed by atoms with E-state index in [1.165, 1.54) is 32.8 Å². The maximum absolute atomic E-state index is 12.2. The largest absolute Gasteiger partial charge is 0.469 e. The van der Waals surface area contributed by atoms with Crippen LogP contribution in [0.4, 0.5) is 0 Å². The van der Waals surface area contributed by atoms with E-state index in [0.717, 1.165) is 64.2 Å². The van der Waals surface area contributed by atoms with Crippen LogP contribution in [0.25, 0.3) is 0 Å². The van der Waals surface area contributed by atoms with Gasteiger partial charge in [-0.25, -0.2) is 0 Å². The van der Waals surface area contributed by atoms with Gasteiger partial charge in [-0.05, 0) is 32.1 Å². The molecule has 5 heteroatoms. The normalized spacial score (nSPS) is 13.1. The maximum atomic E-state index is 12.2. The molecule has 0 aromatic heterocycles. The third-order valence-corrected chi connectivity index (χ3v) is 5.65. The first-order valence-corrected chi connectivity index (χ1v) is 12.5. The van der Waals surface area contributed by atoms with Crippen LogP contribution in [0.1, 0.15) is 129 Å². The van der Waals surface area contributed by atoms with Gasteiger partial charge in [0.1, 0.15) is 6.10 Å². The predicted molar refractivity (Wildman–Crippen MR) is 122 cm³/mol. The highest BCUT2D eigenvalue weighted by molar-refractivity contribution is 5.69. The van der Waals surface area contributed by atoms with Crippen molar-refractivity contribution in [2.24, 2.45) is 0 Å². The second-order valence-electron chi connectivity index (χ2n) is 8.49. The zero-order valence-electron chi connectivity index (χ0n) is 20.0. The lowest BCUT2D eigenvalue weighted by Crippen LogP contribution is -2.31. The van der Waals surface area contributed by atoms with E-state index in [9.17, 15) is 14.7 Å². The Hall–Kier alpha value is -1.10. The molecule has 0 aliphatic rings. The molecule has 0 spiro atoms. The minimum absolute atomic E-state index is 0.150. The molecule has 2 unspecified atom stereocenters. The van der Waals surface area contributed by atoms with E-state index < -0.39 is 6.10 Å². The van der Waals surface area contributed by atoms with Crippen molar-refractivity contribution in [1.29, 1.82) is 0 Å². The molecule has 0 aliphatic heterocycles. The summed E-state index contributed by atoms with van der Waals surface area (Å²) >= 11 is 0. The lowest BCUT2D eigenvalue weighted by molar-refractivity contribution is -0.156. The fourth-order valence-electron chi connectivity index (χ4n) is 3.64. The van der Waals surface area contributed by atoms with Crippen molar-refractivity contribution in [2.75, 3.05) is 7.11 Å². The van der Waals surface area contributed by atoms with Crippen LogP contribution in [0, 0.1) is 0 Å². The first-order valence-electron chi connectivity index (χ1n) is 12.5. The van der Waals surface area contributed by atoms with Crippen molar-refractivity contribution in [3.05, 3.63) is 0 Å². The van der Waals surface area contributed by atoms with Gasteiger partial charge in [0.25, 0.3) is 0 Å². The molecule has 0 saturated carbocycles. The summed E-state index contributed by atoms with van der Waals surface area (Å²) in [5, 5.41) is 10.6. The van der Waals surface area contributed by atoms with Crippen molar-refractivity contribution in [2.45, 2.75) is 142 Å². The molecule has 0 saturated heterocycles. The number of aliphatic hydroxyl groups is 1. The van der Waals surface area contributed by atoms with Crippen LogP contribution in [0.3, 0.4) is 0 Å². The van der Waals surface area contributed by atoms with Crippen molar-refractivity contribution in [3.8, 4) is 0 Å². The van der Waals surface area contributed by atoms with Gasteiger partial charge in [-0.1, -0.05) is 84.5 Å². The van der Waals surface area contributed by atoms with Crippen LogP contribution >= 0.6 is 0 Å². The Balaban J connectivity index is 4.22. The summed E-state index contributed by atoms with van der Waals surface area (Å²) in [5.41, 5.74) is 0. The molecule has 2 atom stereocenters. The van der Waals surface area contributed by atoms with E-state index in [2.05, 4.69) is 18.6 Å². The van der Waals surface area contributed by atoms with Crippen molar-refractivity contribution in [3.63, 3.8) is 0 Å². The van der Waals surface area contributed by atoms with Gasteiger partial charge in [0.2, 0.25) is 0 Å². The number of aliphatic hydroxyl groups excluding tert-OH is 1. The molecule has 5 nitrogen and oxygen atoms in total. The molecule has 30 heavy (non-hydrogen) atoms. The van der Waals surface area contributed by atoms with Gasteiger partial charge in [0, 0.05) is 12.8 Å². The molecule has 0 heterocycles. The molecule has 1 N–H and O–H groups in total. The summed E-state index contributed by atoms with van der Waals surface area (Å²) in [6.07, 6.45) is 16.3. The van der Waals surface area contributed by atoms with E-state index in [4.69, 9.17) is 4.74 Å². The van der Waals surface area contributed by atoms with Gasteiger partial charge in [0.05, 0.1) is 13.2 Å². The molecule has 0 amide bonds. The standard InChI is InChI=1S/C25H48O5/c1-4-6-8-9-11-15-18-22(26)23(30-25(28)21-14-7-5-2)19-16-12-10-13-17-20-24(27)29-3/h22-23,26H,4-21H2,1-3H3. The fourth-order valence-corrected chi connectivity index (χ4v) is 3.64. The second-order valence-corrected chi connectivity index (χ2v) is 8.49. The Morgan fingerprint density at radius 2 is 1.13 bits per heavy atom. The molecular weight excluding hydrogens is 380 g/mol. The van der Waals surface area contributed by atoms with E-state index >= 15 is 0 Å². The first kappa shape index (κ1) is 28.9. The Morgan fingerprint density at radius 1 is 0.667 bits per heavy atom. The highest BCUT2D eigenvalue weighted by atomic mass is 16.6. The molecule has 0 aromatic rings. The molecule has 0 rings (SSSR count). The average Bonchev–Trinajstić information content (AvgIpc) is 2.74. The number of methoxy groups -OCH3 is 1. The van der Waals surface area contributed by atoms with Crippen molar-refractivity contribution in [1.82, 2.24) is 0 Å². The van der Waals surface area contributed by atoms with Gasteiger partial charge in [-0.15, -0.1) is 0 Å². The topological polar surface area (TPSA) is 72.8 Å². The predicted octanol–water partition coefficient (Wildman–Crippen LogP) is 6.49. The van der Waals surface area contributed by atoms with E-state index in [-0.39, 0.29) is 18.0 Å². The van der Waals surface area contributed by atoms with Crippen molar-refractivity contribution < 1.29 is 24.2 Å². The van der Waals surface area contributed by atoms with Crippen molar-refractivity contribution >= 4 is 11.9 Å². The monoisotopic (exact) mass is 428 g/mol. The van der Waals surface area contributed by atoms with Crippen LogP contribution in [-0.2, 0) is 19.1 Å². The Kier molecular flexibility index (Phi) is 20.4. The molecule has 0 fully saturated rings. The molecule has 0 aromatic carbocycles. The van der Waals surface area contributed by atoms with Crippen LogP contribution in [-0.4, -0.2) is 36.4 Å². The van der Waals surface area contributed by atoms with E-state index in [1.54, 1.807) is 0 Å². The lowest BCUT2D eigenvalue weighted by Gasteiger charge is -2.23. The maximum Gasteiger partial charge on any atom is 0.306 e. The molecule has 0 bridgehead atoms. The second kappa shape index (κ2) is 21.1.